The van der Waals surface area contributed by atoms with E-state index in [0.29, 0.717) is 16.9 Å². The third kappa shape index (κ3) is 4.98. The van der Waals surface area contributed by atoms with Gasteiger partial charge in [0.2, 0.25) is 5.89 Å². The van der Waals surface area contributed by atoms with Gasteiger partial charge in [0.25, 0.3) is 5.22 Å². The number of thioether (sulfide) groups is 1. The van der Waals surface area contributed by atoms with E-state index in [1.54, 1.807) is 7.11 Å². The molecule has 2 aromatic carbocycles. The van der Waals surface area contributed by atoms with Crippen molar-refractivity contribution < 1.29 is 19.0 Å². The van der Waals surface area contributed by atoms with Crippen molar-refractivity contribution in [1.82, 2.24) is 10.2 Å². The van der Waals surface area contributed by atoms with E-state index in [9.17, 15) is 5.11 Å². The summed E-state index contributed by atoms with van der Waals surface area (Å²) in [5, 5.41) is 18.9. The Kier molecular flexibility index (Phi) is 6.49. The number of nitrogens with zero attached hydrogens (tertiary/aromatic N) is 2. The van der Waals surface area contributed by atoms with Gasteiger partial charge in [-0.05, 0) is 54.7 Å². The molecule has 1 N–H and O–H groups in total. The van der Waals surface area contributed by atoms with Crippen LogP contribution in [0.1, 0.15) is 30.1 Å². The zero-order valence-corrected chi connectivity index (χ0v) is 17.1. The maximum Gasteiger partial charge on any atom is 0.276 e. The number of aromatic nitrogens is 2. The second kappa shape index (κ2) is 9.43. The van der Waals surface area contributed by atoms with Gasteiger partial charge >= 0.3 is 0 Å². The zero-order chi connectivity index (χ0) is 20.1. The zero-order valence-electron chi connectivity index (χ0n) is 16.3. The highest BCUT2D eigenvalue weighted by molar-refractivity contribution is 7.99. The SMILES string of the molecule is COc1ccc(-c2nnc(SC[C@H](O)CO[C@H]3CCCc4ccccc43)o2)cc1. The van der Waals surface area contributed by atoms with E-state index < -0.39 is 6.10 Å². The maximum absolute atomic E-state index is 10.3. The Morgan fingerprint density at radius 2 is 2.00 bits per heavy atom. The van der Waals surface area contributed by atoms with Crippen LogP contribution in [0.4, 0.5) is 0 Å². The third-order valence-corrected chi connectivity index (χ3v) is 5.91. The molecule has 0 saturated heterocycles. The lowest BCUT2D eigenvalue weighted by Crippen LogP contribution is -2.22. The van der Waals surface area contributed by atoms with Crippen molar-refractivity contribution in [2.75, 3.05) is 19.5 Å². The van der Waals surface area contributed by atoms with Gasteiger partial charge in [0.1, 0.15) is 5.75 Å². The number of hydrogen-bond acceptors (Lipinski definition) is 7. The van der Waals surface area contributed by atoms with Crippen LogP contribution in [-0.4, -0.2) is 40.9 Å². The fraction of sp³-hybridized carbons (Fsp3) is 0.364. The average molecular weight is 413 g/mol. The van der Waals surface area contributed by atoms with Crippen LogP contribution < -0.4 is 4.74 Å². The summed E-state index contributed by atoms with van der Waals surface area (Å²) < 4.78 is 16.8. The number of hydrogen-bond donors (Lipinski definition) is 1. The van der Waals surface area contributed by atoms with Gasteiger partial charge in [-0.2, -0.15) is 0 Å². The lowest BCUT2D eigenvalue weighted by molar-refractivity contribution is -0.00963. The Bertz CT molecular complexity index is 929. The Hall–Kier alpha value is -2.35. The first kappa shape index (κ1) is 19.9. The van der Waals surface area contributed by atoms with Crippen molar-refractivity contribution in [3.63, 3.8) is 0 Å². The van der Waals surface area contributed by atoms with Gasteiger partial charge in [-0.15, -0.1) is 10.2 Å². The number of rotatable bonds is 8. The van der Waals surface area contributed by atoms with E-state index in [1.807, 2.05) is 30.3 Å². The minimum Gasteiger partial charge on any atom is -0.497 e. The molecule has 4 rings (SSSR count). The van der Waals surface area contributed by atoms with E-state index in [1.165, 1.54) is 22.9 Å². The average Bonchev–Trinajstić information content (AvgIpc) is 3.25. The fourth-order valence-electron chi connectivity index (χ4n) is 3.44. The predicted molar refractivity (Wildman–Crippen MR) is 111 cm³/mol. The van der Waals surface area contributed by atoms with Crippen molar-refractivity contribution in [1.29, 1.82) is 0 Å². The maximum atomic E-state index is 10.3. The minimum atomic E-state index is -0.606. The summed E-state index contributed by atoms with van der Waals surface area (Å²) in [6.07, 6.45) is 2.66. The largest absolute Gasteiger partial charge is 0.497 e. The molecule has 0 aliphatic heterocycles. The molecule has 1 aliphatic carbocycles. The van der Waals surface area contributed by atoms with Crippen molar-refractivity contribution in [3.05, 3.63) is 59.7 Å². The molecule has 0 fully saturated rings. The summed E-state index contributed by atoms with van der Waals surface area (Å²) in [6, 6.07) is 15.8. The molecule has 7 heteroatoms. The van der Waals surface area contributed by atoms with E-state index in [-0.39, 0.29) is 12.7 Å². The lowest BCUT2D eigenvalue weighted by atomic mass is 9.89. The Morgan fingerprint density at radius 3 is 2.83 bits per heavy atom. The molecule has 0 radical (unpaired) electrons. The number of benzene rings is 2. The molecular formula is C22H24N2O4S. The van der Waals surface area contributed by atoms with Crippen LogP contribution in [0.5, 0.6) is 5.75 Å². The van der Waals surface area contributed by atoms with Crippen LogP contribution in [0.2, 0.25) is 0 Å². The third-order valence-electron chi connectivity index (χ3n) is 4.95. The fourth-order valence-corrected chi connectivity index (χ4v) is 4.11. The molecule has 1 heterocycles. The molecule has 152 valence electrons. The minimum absolute atomic E-state index is 0.0599. The van der Waals surface area contributed by atoms with Crippen LogP contribution in [0.15, 0.2) is 58.2 Å². The molecule has 0 amide bonds. The van der Waals surface area contributed by atoms with Gasteiger partial charge in [-0.1, -0.05) is 36.0 Å². The van der Waals surface area contributed by atoms with Crippen LogP contribution in [0.3, 0.4) is 0 Å². The van der Waals surface area contributed by atoms with Gasteiger partial charge < -0.3 is 19.0 Å². The summed E-state index contributed by atoms with van der Waals surface area (Å²) in [7, 11) is 1.62. The Balaban J connectivity index is 1.27. The molecule has 0 unspecified atom stereocenters. The number of ether oxygens (including phenoxy) is 2. The highest BCUT2D eigenvalue weighted by atomic mass is 32.2. The Labute approximate surface area is 174 Å². The Morgan fingerprint density at radius 1 is 1.17 bits per heavy atom. The van der Waals surface area contributed by atoms with Crippen molar-refractivity contribution in [2.24, 2.45) is 0 Å². The first-order valence-corrected chi connectivity index (χ1v) is 10.7. The van der Waals surface area contributed by atoms with Crippen molar-refractivity contribution >= 4 is 11.8 Å². The molecule has 29 heavy (non-hydrogen) atoms. The predicted octanol–water partition coefficient (Wildman–Crippen LogP) is 4.29. The van der Waals surface area contributed by atoms with Gasteiger partial charge in [-0.25, -0.2) is 0 Å². The molecule has 2 atom stereocenters. The summed E-state index contributed by atoms with van der Waals surface area (Å²) in [4.78, 5) is 0. The van der Waals surface area contributed by atoms with Crippen molar-refractivity contribution in [2.45, 2.75) is 36.7 Å². The van der Waals surface area contributed by atoms with Gasteiger partial charge in [0.05, 0.1) is 25.9 Å². The summed E-state index contributed by atoms with van der Waals surface area (Å²) in [5.74, 6) is 1.64. The topological polar surface area (TPSA) is 77.6 Å². The monoisotopic (exact) mass is 412 g/mol. The number of aliphatic hydroxyl groups excluding tert-OH is 1. The second-order valence-corrected chi connectivity index (χ2v) is 7.95. The van der Waals surface area contributed by atoms with E-state index in [0.717, 1.165) is 30.6 Å². The molecule has 0 saturated carbocycles. The molecule has 6 nitrogen and oxygen atoms in total. The van der Waals surface area contributed by atoms with E-state index >= 15 is 0 Å². The summed E-state index contributed by atoms with van der Waals surface area (Å²) >= 11 is 1.33. The molecule has 0 spiro atoms. The van der Waals surface area contributed by atoms with Crippen LogP contribution in [0, 0.1) is 0 Å². The quantitative estimate of drug-likeness (QED) is 0.553. The van der Waals surface area contributed by atoms with Crippen molar-refractivity contribution in [3.8, 4) is 17.2 Å². The van der Waals surface area contributed by atoms with Crippen LogP contribution >= 0.6 is 11.8 Å². The number of aryl methyl sites for hydroxylation is 1. The summed E-state index contributed by atoms with van der Waals surface area (Å²) in [5.41, 5.74) is 3.43. The van der Waals surface area contributed by atoms with Gasteiger partial charge in [0, 0.05) is 11.3 Å². The highest BCUT2D eigenvalue weighted by Crippen LogP contribution is 2.32. The van der Waals surface area contributed by atoms with Crippen LogP contribution in [0.25, 0.3) is 11.5 Å². The number of fused-ring (bicyclic) bond motifs is 1. The molecule has 1 aromatic heterocycles. The molecule has 0 bridgehead atoms. The van der Waals surface area contributed by atoms with E-state index in [2.05, 4.69) is 28.4 Å². The number of aliphatic hydroxyl groups is 1. The first-order chi connectivity index (χ1) is 14.2. The van der Waals surface area contributed by atoms with Crippen LogP contribution in [-0.2, 0) is 11.2 Å². The molecule has 1 aliphatic rings. The second-order valence-electron chi connectivity index (χ2n) is 6.98. The molecular weight excluding hydrogens is 388 g/mol. The molecule has 3 aromatic rings. The number of methoxy groups -OCH3 is 1. The smallest absolute Gasteiger partial charge is 0.276 e. The van der Waals surface area contributed by atoms with E-state index in [4.69, 9.17) is 13.9 Å². The lowest BCUT2D eigenvalue weighted by Gasteiger charge is -2.26. The first-order valence-electron chi connectivity index (χ1n) is 9.71. The highest BCUT2D eigenvalue weighted by Gasteiger charge is 2.21. The normalized spacial score (nSPS) is 17.0. The van der Waals surface area contributed by atoms with Gasteiger partial charge in [0.15, 0.2) is 0 Å². The standard InChI is InChI=1S/C22H24N2O4S/c1-26-18-11-9-16(10-12-18)21-23-24-22(28-21)29-14-17(25)13-27-20-8-4-6-15-5-2-3-7-19(15)20/h2-3,5,7,9-12,17,20,25H,4,6,8,13-14H2,1H3/t17-,20+/m1/s1. The summed E-state index contributed by atoms with van der Waals surface area (Å²) in [6.45, 7) is 0.283. The van der Waals surface area contributed by atoms with Gasteiger partial charge in [-0.3, -0.25) is 0 Å².